The van der Waals surface area contributed by atoms with E-state index in [-0.39, 0.29) is 35.9 Å². The van der Waals surface area contributed by atoms with E-state index in [1.165, 1.54) is 6.07 Å². The van der Waals surface area contributed by atoms with E-state index in [1.807, 2.05) is 0 Å². The number of aliphatic carboxylic acids is 1. The Hall–Kier alpha value is -3.17. The van der Waals surface area contributed by atoms with E-state index in [9.17, 15) is 18.7 Å². The third-order valence-electron chi connectivity index (χ3n) is 6.45. The number of hydrogen-bond acceptors (Lipinski definition) is 6. The average molecular weight is 414 g/mol. The third kappa shape index (κ3) is 3.25. The highest BCUT2D eigenvalue weighted by Crippen LogP contribution is 2.47. The van der Waals surface area contributed by atoms with Crippen molar-refractivity contribution in [1.29, 1.82) is 0 Å². The first kappa shape index (κ1) is 18.8. The second-order valence-corrected chi connectivity index (χ2v) is 8.12. The van der Waals surface area contributed by atoms with Gasteiger partial charge in [0.25, 0.3) is 0 Å². The predicted molar refractivity (Wildman–Crippen MR) is 103 cm³/mol. The zero-order valence-electron chi connectivity index (χ0n) is 16.0. The summed E-state index contributed by atoms with van der Waals surface area (Å²) >= 11 is 0. The number of carboxylic acids is 1. The number of nitrogens with one attached hydrogen (secondary N) is 2. The molecule has 0 spiro atoms. The van der Waals surface area contributed by atoms with E-state index in [2.05, 4.69) is 30.5 Å². The smallest absolute Gasteiger partial charge is 0.303 e. The number of rotatable bonds is 5. The normalized spacial score (nSPS) is 25.5. The zero-order chi connectivity index (χ0) is 20.8. The largest absolute Gasteiger partial charge is 0.481 e. The maximum atomic E-state index is 14.6. The summed E-state index contributed by atoms with van der Waals surface area (Å²) in [7, 11) is 0. The second kappa shape index (κ2) is 7.26. The number of carboxylic acid groups (broad SMARTS) is 1. The standard InChI is InChI=1S/C20H20F2N6O2/c21-11-5-13-17(27-28-18(13)23-7-11)20-24-8-14(22)19(26-20)25-16-10-3-1-9(2-4-10)12(16)6-15(29)30/h5,7-10,12,16H,1-4,6H2,(H,29,30)(H,23,27,28)(H,24,25,26)/t9?,10?,12-,16-/m1/s1. The summed E-state index contributed by atoms with van der Waals surface area (Å²) in [4.78, 5) is 23.6. The van der Waals surface area contributed by atoms with Gasteiger partial charge in [-0.25, -0.2) is 23.7 Å². The molecule has 2 bridgehead atoms. The third-order valence-corrected chi connectivity index (χ3v) is 6.45. The first-order valence-electron chi connectivity index (χ1n) is 10.0. The number of nitrogens with zero attached hydrogens (tertiary/aromatic N) is 4. The van der Waals surface area contributed by atoms with Crippen molar-refractivity contribution in [3.05, 3.63) is 30.1 Å². The molecule has 0 saturated heterocycles. The monoisotopic (exact) mass is 414 g/mol. The molecular formula is C20H20F2N6O2. The van der Waals surface area contributed by atoms with Crippen LogP contribution in [0.3, 0.4) is 0 Å². The minimum absolute atomic E-state index is 0.0139. The molecule has 3 heterocycles. The fourth-order valence-corrected chi connectivity index (χ4v) is 5.09. The Labute approximate surface area is 170 Å². The molecule has 0 unspecified atom stereocenters. The van der Waals surface area contributed by atoms with Crippen LogP contribution in [-0.4, -0.2) is 42.3 Å². The van der Waals surface area contributed by atoms with Crippen molar-refractivity contribution in [2.24, 2.45) is 17.8 Å². The summed E-state index contributed by atoms with van der Waals surface area (Å²) in [5.41, 5.74) is 0.646. The number of halogens is 2. The van der Waals surface area contributed by atoms with Crippen LogP contribution in [0.15, 0.2) is 18.5 Å². The summed E-state index contributed by atoms with van der Waals surface area (Å²) < 4.78 is 28.2. The summed E-state index contributed by atoms with van der Waals surface area (Å²) in [5.74, 6) is -1.30. The van der Waals surface area contributed by atoms with E-state index in [0.717, 1.165) is 38.1 Å². The topological polar surface area (TPSA) is 117 Å². The van der Waals surface area contributed by atoms with Gasteiger partial charge in [-0.1, -0.05) is 0 Å². The van der Waals surface area contributed by atoms with Crippen molar-refractivity contribution in [3.63, 3.8) is 0 Å². The molecule has 3 saturated carbocycles. The van der Waals surface area contributed by atoms with Gasteiger partial charge in [0.05, 0.1) is 24.2 Å². The summed E-state index contributed by atoms with van der Waals surface area (Å²) in [6, 6.07) is 1.10. The molecule has 0 aromatic carbocycles. The lowest BCUT2D eigenvalue weighted by molar-refractivity contribution is -0.139. The lowest BCUT2D eigenvalue weighted by Gasteiger charge is -2.48. The van der Waals surface area contributed by atoms with E-state index in [4.69, 9.17) is 0 Å². The zero-order valence-corrected chi connectivity index (χ0v) is 16.0. The quantitative estimate of drug-likeness (QED) is 0.586. The summed E-state index contributed by atoms with van der Waals surface area (Å²) in [5, 5.41) is 19.7. The van der Waals surface area contributed by atoms with Gasteiger partial charge >= 0.3 is 5.97 Å². The lowest BCUT2D eigenvalue weighted by atomic mass is 9.61. The number of H-pyrrole nitrogens is 1. The summed E-state index contributed by atoms with van der Waals surface area (Å²) in [6.07, 6.45) is 6.17. The minimum atomic E-state index is -0.846. The molecule has 156 valence electrons. The number of aromatic amines is 1. The van der Waals surface area contributed by atoms with Crippen LogP contribution in [-0.2, 0) is 4.79 Å². The van der Waals surface area contributed by atoms with E-state index in [1.54, 1.807) is 0 Å². The van der Waals surface area contributed by atoms with E-state index < -0.39 is 17.6 Å². The Morgan fingerprint density at radius 3 is 2.70 bits per heavy atom. The molecule has 2 atom stereocenters. The van der Waals surface area contributed by atoms with Gasteiger partial charge in [-0.15, -0.1) is 0 Å². The Morgan fingerprint density at radius 2 is 1.93 bits per heavy atom. The van der Waals surface area contributed by atoms with Crippen LogP contribution >= 0.6 is 0 Å². The number of fused-ring (bicyclic) bond motifs is 4. The number of carbonyl (C=O) groups is 1. The van der Waals surface area contributed by atoms with E-state index >= 15 is 0 Å². The van der Waals surface area contributed by atoms with Crippen molar-refractivity contribution >= 4 is 22.8 Å². The number of anilines is 1. The van der Waals surface area contributed by atoms with Crippen molar-refractivity contribution in [2.45, 2.75) is 38.1 Å². The first-order chi connectivity index (χ1) is 14.5. The highest BCUT2D eigenvalue weighted by molar-refractivity contribution is 5.88. The van der Waals surface area contributed by atoms with Crippen LogP contribution in [0.5, 0.6) is 0 Å². The van der Waals surface area contributed by atoms with Gasteiger partial charge < -0.3 is 10.4 Å². The van der Waals surface area contributed by atoms with Crippen LogP contribution in [0, 0.1) is 29.4 Å². The van der Waals surface area contributed by atoms with Gasteiger partial charge in [-0.05, 0) is 49.5 Å². The highest BCUT2D eigenvalue weighted by atomic mass is 19.1. The molecular weight excluding hydrogens is 394 g/mol. The van der Waals surface area contributed by atoms with E-state index in [0.29, 0.717) is 22.6 Å². The van der Waals surface area contributed by atoms with Gasteiger partial charge in [0.15, 0.2) is 23.1 Å². The van der Waals surface area contributed by atoms with Crippen molar-refractivity contribution < 1.29 is 18.7 Å². The van der Waals surface area contributed by atoms with Gasteiger partial charge in [0.2, 0.25) is 0 Å². The fourth-order valence-electron chi connectivity index (χ4n) is 5.09. The van der Waals surface area contributed by atoms with Crippen LogP contribution < -0.4 is 5.32 Å². The number of aromatic nitrogens is 5. The summed E-state index contributed by atoms with van der Waals surface area (Å²) in [6.45, 7) is 0. The predicted octanol–water partition coefficient (Wildman–Crippen LogP) is 3.38. The minimum Gasteiger partial charge on any atom is -0.481 e. The lowest BCUT2D eigenvalue weighted by Crippen LogP contribution is -2.49. The molecule has 0 amide bonds. The molecule has 0 aliphatic heterocycles. The Morgan fingerprint density at radius 1 is 1.17 bits per heavy atom. The second-order valence-electron chi connectivity index (χ2n) is 8.12. The maximum Gasteiger partial charge on any atom is 0.303 e. The number of hydrogen-bond donors (Lipinski definition) is 3. The molecule has 6 rings (SSSR count). The Bertz CT molecular complexity index is 1110. The fraction of sp³-hybridized carbons (Fsp3) is 0.450. The van der Waals surface area contributed by atoms with Gasteiger partial charge in [-0.3, -0.25) is 9.89 Å². The molecule has 3 N–H and O–H groups in total. The molecule has 0 radical (unpaired) electrons. The molecule has 3 fully saturated rings. The Kier molecular flexibility index (Phi) is 4.56. The van der Waals surface area contributed by atoms with Crippen LogP contribution in [0.4, 0.5) is 14.6 Å². The first-order valence-corrected chi connectivity index (χ1v) is 10.0. The van der Waals surface area contributed by atoms with Crippen molar-refractivity contribution in [1.82, 2.24) is 25.1 Å². The van der Waals surface area contributed by atoms with Gasteiger partial charge in [0, 0.05) is 6.04 Å². The molecule has 3 aliphatic carbocycles. The molecule has 10 heteroatoms. The molecule has 30 heavy (non-hydrogen) atoms. The van der Waals surface area contributed by atoms with Crippen molar-refractivity contribution in [3.8, 4) is 11.5 Å². The van der Waals surface area contributed by atoms with Gasteiger partial charge in [0.1, 0.15) is 11.5 Å². The SMILES string of the molecule is O=C(O)C[C@@H]1C2CCC(CC2)[C@H]1Nc1nc(-c2[nH]nc3ncc(F)cc23)ncc1F. The van der Waals surface area contributed by atoms with Crippen LogP contribution in [0.2, 0.25) is 0 Å². The maximum absolute atomic E-state index is 14.6. The van der Waals surface area contributed by atoms with Crippen LogP contribution in [0.25, 0.3) is 22.6 Å². The highest BCUT2D eigenvalue weighted by Gasteiger charge is 2.44. The number of pyridine rings is 1. The van der Waals surface area contributed by atoms with Crippen molar-refractivity contribution in [2.75, 3.05) is 5.32 Å². The van der Waals surface area contributed by atoms with Gasteiger partial charge in [-0.2, -0.15) is 5.10 Å². The molecule has 3 aromatic rings. The molecule has 8 nitrogen and oxygen atoms in total. The molecule has 3 aromatic heterocycles. The van der Waals surface area contributed by atoms with Crippen LogP contribution in [0.1, 0.15) is 32.1 Å². The molecule has 3 aliphatic rings. The Balaban J connectivity index is 1.49. The average Bonchev–Trinajstić information content (AvgIpc) is 3.14.